The van der Waals surface area contributed by atoms with E-state index in [2.05, 4.69) is 14.7 Å². The van der Waals surface area contributed by atoms with E-state index >= 15 is 0 Å². The number of H-pyrrole nitrogens is 1. The molecule has 7 heteroatoms. The number of aromatic amines is 1. The topological polar surface area (TPSA) is 74.8 Å². The van der Waals surface area contributed by atoms with Gasteiger partial charge in [0.1, 0.15) is 5.69 Å². The van der Waals surface area contributed by atoms with Crippen molar-refractivity contribution in [2.45, 2.75) is 26.2 Å². The molecular weight excluding hydrogens is 294 g/mol. The Morgan fingerprint density at radius 1 is 1.45 bits per heavy atom. The molecule has 2 aromatic heterocycles. The summed E-state index contributed by atoms with van der Waals surface area (Å²) in [5, 5.41) is 2.00. The summed E-state index contributed by atoms with van der Waals surface area (Å²) >= 11 is 1.62. The predicted molar refractivity (Wildman–Crippen MR) is 82.3 cm³/mol. The maximum absolute atomic E-state index is 11.7. The van der Waals surface area contributed by atoms with Gasteiger partial charge in [0.15, 0.2) is 0 Å². The molecule has 5 nitrogen and oxygen atoms in total. The van der Waals surface area contributed by atoms with Gasteiger partial charge in [-0.1, -0.05) is 19.4 Å². The molecule has 0 saturated carbocycles. The van der Waals surface area contributed by atoms with Crippen molar-refractivity contribution in [3.05, 3.63) is 29.5 Å². The normalized spacial score (nSPS) is 11.8. The van der Waals surface area contributed by atoms with E-state index < -0.39 is 10.0 Å². The summed E-state index contributed by atoms with van der Waals surface area (Å²) in [7, 11) is -3.15. The molecule has 0 fully saturated rings. The molecule has 0 unspecified atom stereocenters. The van der Waals surface area contributed by atoms with Crippen molar-refractivity contribution in [2.24, 2.45) is 0 Å². The van der Waals surface area contributed by atoms with E-state index in [1.807, 2.05) is 24.4 Å². The molecule has 0 bridgehead atoms. The number of imidazole rings is 1. The molecule has 0 aliphatic carbocycles. The van der Waals surface area contributed by atoms with Gasteiger partial charge >= 0.3 is 0 Å². The summed E-state index contributed by atoms with van der Waals surface area (Å²) < 4.78 is 26.0. The number of sulfonamides is 1. The fourth-order valence-corrected chi connectivity index (χ4v) is 3.85. The van der Waals surface area contributed by atoms with Crippen LogP contribution in [-0.4, -0.2) is 30.7 Å². The molecule has 0 radical (unpaired) electrons. The van der Waals surface area contributed by atoms with Crippen LogP contribution < -0.4 is 4.72 Å². The lowest BCUT2D eigenvalue weighted by Gasteiger charge is -2.06. The second kappa shape index (κ2) is 7.01. The Labute approximate surface area is 123 Å². The van der Waals surface area contributed by atoms with E-state index in [1.54, 1.807) is 17.7 Å². The third-order valence-electron chi connectivity index (χ3n) is 2.94. The minimum Gasteiger partial charge on any atom is -0.348 e. The molecule has 0 amide bonds. The van der Waals surface area contributed by atoms with Gasteiger partial charge in [0.05, 0.1) is 17.0 Å². The lowest BCUT2D eigenvalue weighted by Crippen LogP contribution is -2.28. The lowest BCUT2D eigenvalue weighted by molar-refractivity contribution is 0.578. The van der Waals surface area contributed by atoms with Crippen molar-refractivity contribution in [3.8, 4) is 10.6 Å². The summed E-state index contributed by atoms with van der Waals surface area (Å²) in [6, 6.07) is 3.99. The van der Waals surface area contributed by atoms with Crippen LogP contribution in [0.25, 0.3) is 10.6 Å². The molecule has 0 spiro atoms. The smallest absolute Gasteiger partial charge is 0.211 e. The van der Waals surface area contributed by atoms with Gasteiger partial charge in [-0.3, -0.25) is 0 Å². The van der Waals surface area contributed by atoms with Crippen LogP contribution in [0.5, 0.6) is 0 Å². The molecule has 0 aliphatic rings. The van der Waals surface area contributed by atoms with Crippen molar-refractivity contribution in [3.63, 3.8) is 0 Å². The van der Waals surface area contributed by atoms with Crippen LogP contribution >= 0.6 is 11.3 Å². The Bertz CT molecular complexity index is 618. The van der Waals surface area contributed by atoms with E-state index in [4.69, 9.17) is 0 Å². The summed E-state index contributed by atoms with van der Waals surface area (Å²) in [5.41, 5.74) is 1.87. The summed E-state index contributed by atoms with van der Waals surface area (Å²) in [5.74, 6) is 0.199. The van der Waals surface area contributed by atoms with Gasteiger partial charge in [-0.25, -0.2) is 18.1 Å². The largest absolute Gasteiger partial charge is 0.348 e. The fraction of sp³-hybridized carbons (Fsp3) is 0.462. The molecule has 20 heavy (non-hydrogen) atoms. The molecule has 0 atom stereocenters. The van der Waals surface area contributed by atoms with Gasteiger partial charge in [0.25, 0.3) is 0 Å². The first-order chi connectivity index (χ1) is 9.62. The molecule has 0 aliphatic heterocycles. The van der Waals surface area contributed by atoms with Gasteiger partial charge in [-0.2, -0.15) is 0 Å². The maximum Gasteiger partial charge on any atom is 0.211 e. The van der Waals surface area contributed by atoms with Gasteiger partial charge in [-0.05, 0) is 17.9 Å². The average Bonchev–Trinajstić information content (AvgIpc) is 3.06. The molecule has 2 rings (SSSR count). The molecule has 2 aromatic rings. The number of thiophene rings is 1. The van der Waals surface area contributed by atoms with Crippen LogP contribution in [0.1, 0.15) is 25.5 Å². The summed E-state index contributed by atoms with van der Waals surface area (Å²) in [6.07, 6.45) is 3.83. The third kappa shape index (κ3) is 4.16. The van der Waals surface area contributed by atoms with E-state index in [9.17, 15) is 8.42 Å². The Kier molecular flexibility index (Phi) is 5.33. The van der Waals surface area contributed by atoms with Crippen LogP contribution in [0.4, 0.5) is 0 Å². The van der Waals surface area contributed by atoms with Crippen LogP contribution in [0, 0.1) is 0 Å². The monoisotopic (exact) mass is 313 g/mol. The number of unbranched alkanes of at least 4 members (excludes halogenated alkanes) is 1. The van der Waals surface area contributed by atoms with Crippen molar-refractivity contribution in [1.82, 2.24) is 14.7 Å². The highest BCUT2D eigenvalue weighted by Crippen LogP contribution is 2.25. The Balaban J connectivity index is 1.91. The van der Waals surface area contributed by atoms with E-state index in [1.165, 1.54) is 0 Å². The molecule has 2 heterocycles. The molecular formula is C13H19N3O2S2. The van der Waals surface area contributed by atoms with Gasteiger partial charge in [0.2, 0.25) is 10.0 Å². The standard InChI is InChI=1S/C13H19N3O2S2/c1-2-3-9-20(17,18)16-7-6-11-13(15-10-14-11)12-5-4-8-19-12/h4-5,8,10,16H,2-3,6-7,9H2,1H3,(H,14,15). The second-order valence-corrected chi connectivity index (χ2v) is 7.40. The van der Waals surface area contributed by atoms with Crippen LogP contribution in [0.2, 0.25) is 0 Å². The summed E-state index contributed by atoms with van der Waals surface area (Å²) in [6.45, 7) is 2.38. The van der Waals surface area contributed by atoms with Crippen molar-refractivity contribution in [1.29, 1.82) is 0 Å². The predicted octanol–water partition coefficient (Wildman–Crippen LogP) is 2.40. The average molecular weight is 313 g/mol. The zero-order valence-electron chi connectivity index (χ0n) is 11.4. The highest BCUT2D eigenvalue weighted by Gasteiger charge is 2.12. The van der Waals surface area contributed by atoms with E-state index in [0.717, 1.165) is 22.7 Å². The van der Waals surface area contributed by atoms with Crippen molar-refractivity contribution < 1.29 is 8.42 Å². The number of rotatable bonds is 8. The number of nitrogens with one attached hydrogen (secondary N) is 2. The van der Waals surface area contributed by atoms with Crippen molar-refractivity contribution >= 4 is 21.4 Å². The third-order valence-corrected chi connectivity index (χ3v) is 5.28. The Morgan fingerprint density at radius 3 is 3.00 bits per heavy atom. The highest BCUT2D eigenvalue weighted by molar-refractivity contribution is 7.89. The zero-order chi connectivity index (χ0) is 14.4. The molecule has 2 N–H and O–H groups in total. The number of nitrogens with zero attached hydrogens (tertiary/aromatic N) is 1. The first-order valence-electron chi connectivity index (χ1n) is 6.66. The minimum atomic E-state index is -3.15. The van der Waals surface area contributed by atoms with Gasteiger partial charge < -0.3 is 4.98 Å². The summed E-state index contributed by atoms with van der Waals surface area (Å²) in [4.78, 5) is 8.48. The first kappa shape index (κ1) is 15.2. The van der Waals surface area contributed by atoms with Crippen molar-refractivity contribution in [2.75, 3.05) is 12.3 Å². The Hall–Kier alpha value is -1.18. The number of aromatic nitrogens is 2. The highest BCUT2D eigenvalue weighted by atomic mass is 32.2. The van der Waals surface area contributed by atoms with Gasteiger partial charge in [-0.15, -0.1) is 11.3 Å². The van der Waals surface area contributed by atoms with Crippen LogP contribution in [-0.2, 0) is 16.4 Å². The van der Waals surface area contributed by atoms with E-state index in [-0.39, 0.29) is 5.75 Å². The fourth-order valence-electron chi connectivity index (χ4n) is 1.88. The lowest BCUT2D eigenvalue weighted by atomic mass is 10.2. The Morgan fingerprint density at radius 2 is 2.30 bits per heavy atom. The van der Waals surface area contributed by atoms with Crippen LogP contribution in [0.15, 0.2) is 23.8 Å². The SMILES string of the molecule is CCCCS(=O)(=O)NCCc1[nH]cnc1-c1cccs1. The first-order valence-corrected chi connectivity index (χ1v) is 9.19. The van der Waals surface area contributed by atoms with Gasteiger partial charge in [0, 0.05) is 18.7 Å². The molecule has 0 aromatic carbocycles. The minimum absolute atomic E-state index is 0.199. The second-order valence-electron chi connectivity index (χ2n) is 4.52. The van der Waals surface area contributed by atoms with E-state index in [0.29, 0.717) is 19.4 Å². The zero-order valence-corrected chi connectivity index (χ0v) is 13.1. The number of hydrogen-bond donors (Lipinski definition) is 2. The maximum atomic E-state index is 11.7. The quantitative estimate of drug-likeness (QED) is 0.786. The number of hydrogen-bond acceptors (Lipinski definition) is 4. The van der Waals surface area contributed by atoms with Crippen LogP contribution in [0.3, 0.4) is 0 Å². The molecule has 110 valence electrons. The molecule has 0 saturated heterocycles.